The maximum atomic E-state index is 10.8. The third-order valence-corrected chi connectivity index (χ3v) is 1.81. The van der Waals surface area contributed by atoms with Gasteiger partial charge in [0, 0.05) is 6.07 Å². The molecular weight excluding hydrogens is 214 g/mol. The summed E-state index contributed by atoms with van der Waals surface area (Å²) in [7, 11) is 0. The normalized spacial score (nSPS) is 10.2. The fraction of sp³-hybridized carbons (Fsp3) is 0. The van der Waals surface area contributed by atoms with E-state index in [0.717, 1.165) is 12.1 Å². The van der Waals surface area contributed by atoms with Gasteiger partial charge in [-0.15, -0.1) is 0 Å². The molecule has 0 aromatic heterocycles. The summed E-state index contributed by atoms with van der Waals surface area (Å²) in [6.07, 6.45) is 3.07. The Morgan fingerprint density at radius 1 is 1.44 bits per heavy atom. The molecule has 1 N–H and O–H groups in total. The van der Waals surface area contributed by atoms with Crippen LogP contribution in [-0.2, 0) is 4.79 Å². The van der Waals surface area contributed by atoms with Crippen molar-refractivity contribution in [3.63, 3.8) is 0 Å². The molecule has 82 valence electrons. The van der Waals surface area contributed by atoms with Gasteiger partial charge in [0.1, 0.15) is 11.8 Å². The Morgan fingerprint density at radius 3 is 2.62 bits per heavy atom. The lowest BCUT2D eigenvalue weighted by Crippen LogP contribution is -2.02. The number of nitro benzene ring substituents is 1. The fourth-order valence-electron chi connectivity index (χ4n) is 1.14. The molecule has 0 aliphatic carbocycles. The van der Waals surface area contributed by atoms with Crippen molar-refractivity contribution in [2.75, 3.05) is 0 Å². The fourth-order valence-corrected chi connectivity index (χ4v) is 1.14. The average molecular weight is 221 g/mol. The second kappa shape index (κ2) is 4.83. The molecule has 1 aromatic carbocycles. The minimum Gasteiger partial charge on any atom is -0.477 e. The first-order chi connectivity index (χ1) is 7.56. The molecule has 0 fully saturated rings. The number of carbonyl (C=O) groups excluding carboxylic acids is 1. The van der Waals surface area contributed by atoms with Crippen LogP contribution < -0.4 is 0 Å². The summed E-state index contributed by atoms with van der Waals surface area (Å²) in [4.78, 5) is 30.6. The molecule has 0 bridgehead atoms. The summed E-state index contributed by atoms with van der Waals surface area (Å²) in [5.41, 5.74) is -0.469. The van der Waals surface area contributed by atoms with E-state index >= 15 is 0 Å². The molecule has 0 amide bonds. The molecule has 0 aliphatic heterocycles. The number of carboxylic acids is 1. The Bertz CT molecular complexity index is 478. The molecule has 0 spiro atoms. The number of benzene rings is 1. The van der Waals surface area contributed by atoms with Crippen LogP contribution in [0.25, 0.3) is 6.08 Å². The Kier molecular flexibility index (Phi) is 3.49. The highest BCUT2D eigenvalue weighted by atomic mass is 16.6. The van der Waals surface area contributed by atoms with Crippen LogP contribution in [0.4, 0.5) is 5.69 Å². The number of carbonyl (C=O) groups is 2. The van der Waals surface area contributed by atoms with E-state index in [9.17, 15) is 19.7 Å². The number of nitro groups is 1. The van der Waals surface area contributed by atoms with Crippen LogP contribution in [0.3, 0.4) is 0 Å². The number of aromatic carboxylic acids is 1. The molecule has 0 aliphatic rings. The molecule has 1 rings (SSSR count). The van der Waals surface area contributed by atoms with Gasteiger partial charge >= 0.3 is 5.97 Å². The number of hydrogen-bond acceptors (Lipinski definition) is 4. The van der Waals surface area contributed by atoms with Gasteiger partial charge in [-0.2, -0.15) is 0 Å². The average Bonchev–Trinajstić information content (AvgIpc) is 2.25. The molecule has 0 saturated heterocycles. The summed E-state index contributed by atoms with van der Waals surface area (Å²) < 4.78 is 0. The van der Waals surface area contributed by atoms with Gasteiger partial charge in [-0.05, 0) is 23.8 Å². The van der Waals surface area contributed by atoms with E-state index in [-0.39, 0.29) is 0 Å². The molecular formula is C10H7NO5. The van der Waals surface area contributed by atoms with Crippen molar-refractivity contribution in [2.24, 2.45) is 0 Å². The molecule has 0 unspecified atom stereocenters. The van der Waals surface area contributed by atoms with Crippen LogP contribution in [0.15, 0.2) is 24.3 Å². The highest BCUT2D eigenvalue weighted by Crippen LogP contribution is 2.20. The van der Waals surface area contributed by atoms with Crippen LogP contribution in [-0.4, -0.2) is 22.3 Å². The monoisotopic (exact) mass is 221 g/mol. The van der Waals surface area contributed by atoms with E-state index in [2.05, 4.69) is 0 Å². The van der Waals surface area contributed by atoms with E-state index in [1.807, 2.05) is 0 Å². The smallest absolute Gasteiger partial charge is 0.342 e. The Hall–Kier alpha value is -2.50. The predicted octanol–water partition coefficient (Wildman–Crippen LogP) is 1.51. The lowest BCUT2D eigenvalue weighted by atomic mass is 10.1. The number of hydrogen-bond donors (Lipinski definition) is 1. The van der Waals surface area contributed by atoms with Gasteiger partial charge in [-0.25, -0.2) is 4.79 Å². The number of rotatable bonds is 4. The molecule has 0 heterocycles. The van der Waals surface area contributed by atoms with E-state index in [1.165, 1.54) is 18.2 Å². The van der Waals surface area contributed by atoms with Crippen molar-refractivity contribution in [3.8, 4) is 0 Å². The summed E-state index contributed by atoms with van der Waals surface area (Å²) in [6.45, 7) is 0. The van der Waals surface area contributed by atoms with Crippen LogP contribution in [0.5, 0.6) is 0 Å². The van der Waals surface area contributed by atoms with Crippen molar-refractivity contribution in [2.45, 2.75) is 0 Å². The number of aldehydes is 1. The highest BCUT2D eigenvalue weighted by Gasteiger charge is 2.19. The molecule has 6 nitrogen and oxygen atoms in total. The van der Waals surface area contributed by atoms with Crippen LogP contribution >= 0.6 is 0 Å². The lowest BCUT2D eigenvalue weighted by Gasteiger charge is -1.99. The second-order valence-electron chi connectivity index (χ2n) is 2.83. The molecule has 1 aromatic rings. The first-order valence-corrected chi connectivity index (χ1v) is 4.20. The third kappa shape index (κ3) is 2.50. The molecule has 0 atom stereocenters. The minimum absolute atomic E-state index is 0.405. The van der Waals surface area contributed by atoms with Gasteiger partial charge in [0.2, 0.25) is 0 Å². The van der Waals surface area contributed by atoms with Gasteiger partial charge in [-0.3, -0.25) is 14.9 Å². The Labute approximate surface area is 90.0 Å². The lowest BCUT2D eigenvalue weighted by molar-refractivity contribution is -0.385. The van der Waals surface area contributed by atoms with E-state index < -0.39 is 22.1 Å². The second-order valence-corrected chi connectivity index (χ2v) is 2.83. The van der Waals surface area contributed by atoms with E-state index in [4.69, 9.17) is 5.11 Å². The van der Waals surface area contributed by atoms with Gasteiger partial charge in [-0.1, -0.05) is 6.08 Å². The molecule has 6 heteroatoms. The van der Waals surface area contributed by atoms with Gasteiger partial charge in [0.25, 0.3) is 5.69 Å². The number of allylic oxidation sites excluding steroid dienone is 1. The van der Waals surface area contributed by atoms with E-state index in [0.29, 0.717) is 11.8 Å². The highest BCUT2D eigenvalue weighted by molar-refractivity contribution is 5.93. The SMILES string of the molecule is O=CC=Cc1ccc([N+](=O)[O-])c(C(=O)O)c1. The standard InChI is InChI=1S/C10H7NO5/c12-5-1-2-7-3-4-9(11(15)16)8(6-7)10(13)14/h1-6H,(H,13,14). The topological polar surface area (TPSA) is 97.5 Å². The van der Waals surface area contributed by atoms with Gasteiger partial charge < -0.3 is 5.11 Å². The maximum Gasteiger partial charge on any atom is 0.342 e. The zero-order chi connectivity index (χ0) is 12.1. The van der Waals surface area contributed by atoms with Crippen molar-refractivity contribution in [1.29, 1.82) is 0 Å². The summed E-state index contributed by atoms with van der Waals surface area (Å²) in [5, 5.41) is 19.3. The van der Waals surface area contributed by atoms with Crippen LogP contribution in [0.1, 0.15) is 15.9 Å². The largest absolute Gasteiger partial charge is 0.477 e. The Morgan fingerprint density at radius 2 is 2.12 bits per heavy atom. The van der Waals surface area contributed by atoms with Gasteiger partial charge in [0.15, 0.2) is 0 Å². The molecule has 0 saturated carbocycles. The zero-order valence-corrected chi connectivity index (χ0v) is 7.99. The third-order valence-electron chi connectivity index (χ3n) is 1.81. The quantitative estimate of drug-likeness (QED) is 0.359. The van der Waals surface area contributed by atoms with Crippen molar-refractivity contribution < 1.29 is 19.6 Å². The van der Waals surface area contributed by atoms with E-state index in [1.54, 1.807) is 0 Å². The van der Waals surface area contributed by atoms with Gasteiger partial charge in [0.05, 0.1) is 4.92 Å². The first-order valence-electron chi connectivity index (χ1n) is 4.20. The molecule has 0 radical (unpaired) electrons. The van der Waals surface area contributed by atoms with Crippen LogP contribution in [0.2, 0.25) is 0 Å². The van der Waals surface area contributed by atoms with Crippen molar-refractivity contribution >= 4 is 24.0 Å². The Balaban J connectivity index is 3.27. The zero-order valence-electron chi connectivity index (χ0n) is 7.99. The summed E-state index contributed by atoms with van der Waals surface area (Å²) >= 11 is 0. The first kappa shape index (κ1) is 11.6. The summed E-state index contributed by atoms with van der Waals surface area (Å²) in [6, 6.07) is 3.60. The van der Waals surface area contributed by atoms with Crippen molar-refractivity contribution in [3.05, 3.63) is 45.5 Å². The maximum absolute atomic E-state index is 10.8. The van der Waals surface area contributed by atoms with Crippen molar-refractivity contribution in [1.82, 2.24) is 0 Å². The summed E-state index contributed by atoms with van der Waals surface area (Å²) in [5.74, 6) is -1.38. The molecule has 16 heavy (non-hydrogen) atoms. The minimum atomic E-state index is -1.38. The van der Waals surface area contributed by atoms with Crippen LogP contribution in [0, 0.1) is 10.1 Å². The predicted molar refractivity (Wildman–Crippen MR) is 55.2 cm³/mol. The number of nitrogens with zero attached hydrogens (tertiary/aromatic N) is 1. The number of carboxylic acid groups (broad SMARTS) is 1.